The number of hydrogen-bond donors (Lipinski definition) is 0. The third-order valence-electron chi connectivity index (χ3n) is 8.76. The monoisotopic (exact) mass is 627 g/mol. The maximum Gasteiger partial charge on any atom is 0.113 e. The van der Waals surface area contributed by atoms with Crippen LogP contribution in [0.1, 0.15) is 27.8 Å². The molecule has 4 unspecified atom stereocenters. The van der Waals surface area contributed by atoms with Crippen molar-refractivity contribution in [1.82, 2.24) is 4.90 Å². The molecule has 6 rings (SSSR count). The minimum Gasteiger partial charge on any atom is -0.375 e. The SMILES string of the molecule is c1ccc(CCN2CC(OCc3ccccc3)C(OCc3ccccc3)C(OCc3ccccc3)C2COCc2ccccc2)cc1. The van der Waals surface area contributed by atoms with Gasteiger partial charge in [-0.1, -0.05) is 152 Å². The van der Waals surface area contributed by atoms with E-state index in [2.05, 4.69) is 132 Å². The molecule has 0 aliphatic carbocycles. The largest absolute Gasteiger partial charge is 0.375 e. The van der Waals surface area contributed by atoms with Gasteiger partial charge in [-0.25, -0.2) is 0 Å². The van der Waals surface area contributed by atoms with Gasteiger partial charge in [0.25, 0.3) is 0 Å². The Kier molecular flexibility index (Phi) is 12.4. The lowest BCUT2D eigenvalue weighted by atomic mass is 9.92. The first kappa shape index (κ1) is 32.8. The van der Waals surface area contributed by atoms with Crippen LogP contribution in [0.15, 0.2) is 152 Å². The highest BCUT2D eigenvalue weighted by atomic mass is 16.6. The van der Waals surface area contributed by atoms with Gasteiger partial charge in [0.2, 0.25) is 0 Å². The molecule has 242 valence electrons. The topological polar surface area (TPSA) is 40.2 Å². The van der Waals surface area contributed by atoms with Crippen LogP contribution in [0.5, 0.6) is 0 Å². The molecule has 0 amide bonds. The molecule has 5 nitrogen and oxygen atoms in total. The lowest BCUT2D eigenvalue weighted by molar-refractivity contribution is -0.210. The fourth-order valence-corrected chi connectivity index (χ4v) is 6.22. The minimum atomic E-state index is -0.305. The molecule has 5 heteroatoms. The van der Waals surface area contributed by atoms with Gasteiger partial charge in [0.1, 0.15) is 12.2 Å². The molecule has 1 aliphatic rings. The third kappa shape index (κ3) is 9.94. The van der Waals surface area contributed by atoms with Crippen molar-refractivity contribution in [1.29, 1.82) is 0 Å². The van der Waals surface area contributed by atoms with Crippen LogP contribution in [0.4, 0.5) is 0 Å². The Bertz CT molecular complexity index is 1550. The molecule has 5 aromatic carbocycles. The smallest absolute Gasteiger partial charge is 0.113 e. The Balaban J connectivity index is 1.29. The zero-order valence-corrected chi connectivity index (χ0v) is 27.0. The van der Waals surface area contributed by atoms with Crippen molar-refractivity contribution in [3.63, 3.8) is 0 Å². The lowest BCUT2D eigenvalue weighted by Crippen LogP contribution is -2.64. The van der Waals surface area contributed by atoms with Crippen molar-refractivity contribution >= 4 is 0 Å². The van der Waals surface area contributed by atoms with Crippen LogP contribution < -0.4 is 0 Å². The first-order valence-electron chi connectivity index (χ1n) is 16.7. The van der Waals surface area contributed by atoms with Crippen molar-refractivity contribution in [3.8, 4) is 0 Å². The van der Waals surface area contributed by atoms with E-state index in [1.807, 2.05) is 24.3 Å². The zero-order chi connectivity index (χ0) is 31.9. The van der Waals surface area contributed by atoms with Gasteiger partial charge in [-0.3, -0.25) is 4.90 Å². The Morgan fingerprint density at radius 3 is 1.34 bits per heavy atom. The second kappa shape index (κ2) is 17.7. The van der Waals surface area contributed by atoms with E-state index in [4.69, 9.17) is 18.9 Å². The number of benzene rings is 5. The summed E-state index contributed by atoms with van der Waals surface area (Å²) in [5.74, 6) is 0. The van der Waals surface area contributed by atoms with Crippen molar-refractivity contribution in [2.24, 2.45) is 0 Å². The van der Waals surface area contributed by atoms with E-state index in [1.165, 1.54) is 5.56 Å². The number of ether oxygens (including phenoxy) is 4. The normalized spacial score (nSPS) is 19.8. The minimum absolute atomic E-state index is 0.0384. The van der Waals surface area contributed by atoms with Gasteiger partial charge in [0.05, 0.1) is 45.2 Å². The molecule has 5 aromatic rings. The summed E-state index contributed by atoms with van der Waals surface area (Å²) < 4.78 is 27.0. The molecule has 47 heavy (non-hydrogen) atoms. The highest BCUT2D eigenvalue weighted by Crippen LogP contribution is 2.29. The Hall–Kier alpha value is -4.10. The molecule has 0 radical (unpaired) electrons. The van der Waals surface area contributed by atoms with E-state index in [0.29, 0.717) is 39.6 Å². The van der Waals surface area contributed by atoms with Gasteiger partial charge < -0.3 is 18.9 Å². The number of rotatable bonds is 16. The van der Waals surface area contributed by atoms with Crippen LogP contribution in [0.25, 0.3) is 0 Å². The predicted molar refractivity (Wildman–Crippen MR) is 187 cm³/mol. The van der Waals surface area contributed by atoms with Gasteiger partial charge in [0.15, 0.2) is 0 Å². The van der Waals surface area contributed by atoms with Crippen molar-refractivity contribution in [3.05, 3.63) is 179 Å². The van der Waals surface area contributed by atoms with E-state index in [-0.39, 0.29) is 24.4 Å². The van der Waals surface area contributed by atoms with Gasteiger partial charge in [-0.15, -0.1) is 0 Å². The summed E-state index contributed by atoms with van der Waals surface area (Å²) in [6.07, 6.45) is 0.115. The van der Waals surface area contributed by atoms with Gasteiger partial charge >= 0.3 is 0 Å². The van der Waals surface area contributed by atoms with E-state index < -0.39 is 0 Å². The molecule has 1 saturated heterocycles. The number of nitrogens with zero attached hydrogens (tertiary/aromatic N) is 1. The fraction of sp³-hybridized carbons (Fsp3) is 0.286. The number of hydrogen-bond acceptors (Lipinski definition) is 5. The molecule has 1 aliphatic heterocycles. The van der Waals surface area contributed by atoms with Crippen LogP contribution in [-0.4, -0.2) is 49.0 Å². The number of likely N-dealkylation sites (tertiary alicyclic amines) is 1. The molecular weight excluding hydrogens is 582 g/mol. The van der Waals surface area contributed by atoms with E-state index in [9.17, 15) is 0 Å². The summed E-state index contributed by atoms with van der Waals surface area (Å²) in [6, 6.07) is 52.1. The summed E-state index contributed by atoms with van der Waals surface area (Å²) in [5.41, 5.74) is 5.85. The summed E-state index contributed by atoms with van der Waals surface area (Å²) in [7, 11) is 0. The molecule has 1 heterocycles. The first-order valence-corrected chi connectivity index (χ1v) is 16.7. The second-order valence-corrected chi connectivity index (χ2v) is 12.2. The standard InChI is InChI=1S/C42H45NO4/c1-6-16-34(17-7-1)26-27-43-28-40(45-30-36-20-10-3-11-21-36)42(47-32-38-24-14-5-15-25-38)41(46-31-37-22-12-4-13-23-37)39(43)33-44-29-35-18-8-2-9-19-35/h1-25,39-42H,26-33H2. The highest BCUT2D eigenvalue weighted by molar-refractivity contribution is 5.18. The maximum atomic E-state index is 6.92. The predicted octanol–water partition coefficient (Wildman–Crippen LogP) is 7.89. The summed E-state index contributed by atoms with van der Waals surface area (Å²) in [6.45, 7) is 4.07. The molecule has 0 aromatic heterocycles. The Morgan fingerprint density at radius 1 is 0.447 bits per heavy atom. The summed E-state index contributed by atoms with van der Waals surface area (Å²) in [5, 5.41) is 0. The average Bonchev–Trinajstić information content (AvgIpc) is 3.14. The van der Waals surface area contributed by atoms with Crippen molar-refractivity contribution in [2.45, 2.75) is 57.2 Å². The third-order valence-corrected chi connectivity index (χ3v) is 8.76. The van der Waals surface area contributed by atoms with Crippen LogP contribution >= 0.6 is 0 Å². The van der Waals surface area contributed by atoms with Gasteiger partial charge in [-0.05, 0) is 34.2 Å². The molecule has 1 fully saturated rings. The lowest BCUT2D eigenvalue weighted by Gasteiger charge is -2.48. The van der Waals surface area contributed by atoms with Gasteiger partial charge in [0, 0.05) is 13.1 Å². The summed E-state index contributed by atoms with van der Waals surface area (Å²) >= 11 is 0. The maximum absolute atomic E-state index is 6.92. The van der Waals surface area contributed by atoms with Crippen LogP contribution in [0, 0.1) is 0 Å². The van der Waals surface area contributed by atoms with Crippen LogP contribution in [0.2, 0.25) is 0 Å². The molecule has 0 saturated carbocycles. The molecule has 4 atom stereocenters. The zero-order valence-electron chi connectivity index (χ0n) is 27.0. The first-order chi connectivity index (χ1) is 23.3. The van der Waals surface area contributed by atoms with E-state index in [1.54, 1.807) is 0 Å². The highest BCUT2D eigenvalue weighted by Gasteiger charge is 2.46. The Morgan fingerprint density at radius 2 is 0.851 bits per heavy atom. The molecular formula is C42H45NO4. The van der Waals surface area contributed by atoms with Crippen molar-refractivity contribution < 1.29 is 18.9 Å². The Labute approximate surface area is 279 Å². The molecule has 0 spiro atoms. The second-order valence-electron chi connectivity index (χ2n) is 12.2. The average molecular weight is 628 g/mol. The summed E-state index contributed by atoms with van der Waals surface area (Å²) in [4.78, 5) is 2.51. The van der Waals surface area contributed by atoms with Crippen molar-refractivity contribution in [2.75, 3.05) is 19.7 Å². The molecule has 0 N–H and O–H groups in total. The number of piperidine rings is 1. The quantitative estimate of drug-likeness (QED) is 0.111. The van der Waals surface area contributed by atoms with Crippen LogP contribution in [-0.2, 0) is 51.8 Å². The van der Waals surface area contributed by atoms with E-state index >= 15 is 0 Å². The van der Waals surface area contributed by atoms with E-state index in [0.717, 1.165) is 35.2 Å². The molecule has 0 bridgehead atoms. The fourth-order valence-electron chi connectivity index (χ4n) is 6.22. The van der Waals surface area contributed by atoms with Gasteiger partial charge in [-0.2, -0.15) is 0 Å². The van der Waals surface area contributed by atoms with Crippen LogP contribution in [0.3, 0.4) is 0 Å².